The molecule has 0 saturated carbocycles. The van der Waals surface area contributed by atoms with E-state index in [1.807, 2.05) is 72.8 Å². The highest BCUT2D eigenvalue weighted by molar-refractivity contribution is 14.1. The van der Waals surface area contributed by atoms with Gasteiger partial charge in [0.2, 0.25) is 5.91 Å². The van der Waals surface area contributed by atoms with Crippen LogP contribution in [0.2, 0.25) is 0 Å². The zero-order valence-electron chi connectivity index (χ0n) is 20.3. The van der Waals surface area contributed by atoms with Crippen molar-refractivity contribution < 1.29 is 14.3 Å². The topological polar surface area (TPSA) is 59.9 Å². The summed E-state index contributed by atoms with van der Waals surface area (Å²) in [5, 5.41) is 8.70. The summed E-state index contributed by atoms with van der Waals surface area (Å²) in [6.07, 6.45) is 1.86. The van der Waals surface area contributed by atoms with E-state index in [0.29, 0.717) is 18.1 Å². The summed E-state index contributed by atoms with van der Waals surface area (Å²) in [7, 11) is 1.61. The van der Waals surface area contributed by atoms with E-state index in [-0.39, 0.29) is 12.3 Å². The Balaban J connectivity index is 1.26. The van der Waals surface area contributed by atoms with Crippen LogP contribution >= 0.6 is 22.6 Å². The lowest BCUT2D eigenvalue weighted by Crippen LogP contribution is -2.19. The predicted octanol–water partition coefficient (Wildman–Crippen LogP) is 6.88. The first-order valence-corrected chi connectivity index (χ1v) is 13.0. The number of ether oxygens (including phenoxy) is 2. The molecular weight excluding hydrogens is 575 g/mol. The lowest BCUT2D eigenvalue weighted by molar-refractivity contribution is -0.120. The van der Waals surface area contributed by atoms with E-state index in [4.69, 9.17) is 9.47 Å². The molecule has 0 aliphatic carbocycles. The van der Waals surface area contributed by atoms with E-state index in [2.05, 4.69) is 57.4 Å². The van der Waals surface area contributed by atoms with Crippen LogP contribution in [0.3, 0.4) is 0 Å². The van der Waals surface area contributed by atoms with E-state index in [1.54, 1.807) is 13.3 Å². The molecule has 5 nitrogen and oxygen atoms in total. The van der Waals surface area contributed by atoms with Crippen LogP contribution < -0.4 is 14.9 Å². The van der Waals surface area contributed by atoms with Gasteiger partial charge in [-0.05, 0) is 73.0 Å². The number of hydrazone groups is 1. The van der Waals surface area contributed by atoms with Crippen LogP contribution in [0.5, 0.6) is 11.5 Å². The van der Waals surface area contributed by atoms with Crippen molar-refractivity contribution in [3.63, 3.8) is 0 Å². The Morgan fingerprint density at radius 3 is 2.19 bits per heavy atom. The van der Waals surface area contributed by atoms with Gasteiger partial charge in [-0.1, -0.05) is 84.9 Å². The summed E-state index contributed by atoms with van der Waals surface area (Å²) >= 11 is 2.23. The van der Waals surface area contributed by atoms with Crippen LogP contribution in [0.15, 0.2) is 102 Å². The van der Waals surface area contributed by atoms with Gasteiger partial charge in [0.15, 0.2) is 11.5 Å². The summed E-state index contributed by atoms with van der Waals surface area (Å²) in [6, 6.07) is 32.3. The molecule has 0 aromatic heterocycles. The minimum absolute atomic E-state index is 0.177. The SMILES string of the molecule is COc1cc(C=NNC(=O)Cc2cccc3ccccc23)cc(I)c1OCc1cccc2ccccc12. The molecule has 0 radical (unpaired) electrons. The predicted molar refractivity (Wildman–Crippen MR) is 157 cm³/mol. The third-order valence-electron chi connectivity index (χ3n) is 6.14. The van der Waals surface area contributed by atoms with E-state index < -0.39 is 0 Å². The van der Waals surface area contributed by atoms with E-state index in [0.717, 1.165) is 31.0 Å². The summed E-state index contributed by atoms with van der Waals surface area (Å²) in [6.45, 7) is 0.422. The molecule has 5 rings (SSSR count). The minimum atomic E-state index is -0.177. The second-order valence-electron chi connectivity index (χ2n) is 8.57. The molecule has 0 atom stereocenters. The van der Waals surface area contributed by atoms with Gasteiger partial charge in [-0.15, -0.1) is 0 Å². The highest BCUT2D eigenvalue weighted by Crippen LogP contribution is 2.34. The number of hydrogen-bond acceptors (Lipinski definition) is 4. The summed E-state index contributed by atoms with van der Waals surface area (Å²) in [5.41, 5.74) is 5.51. The van der Waals surface area contributed by atoms with Crippen LogP contribution in [0.4, 0.5) is 0 Å². The van der Waals surface area contributed by atoms with Crippen molar-refractivity contribution >= 4 is 56.3 Å². The first-order chi connectivity index (χ1) is 18.1. The quantitative estimate of drug-likeness (QED) is 0.120. The van der Waals surface area contributed by atoms with E-state index in [9.17, 15) is 4.79 Å². The van der Waals surface area contributed by atoms with Gasteiger partial charge >= 0.3 is 0 Å². The third-order valence-corrected chi connectivity index (χ3v) is 6.94. The van der Waals surface area contributed by atoms with Gasteiger partial charge in [-0.3, -0.25) is 4.79 Å². The highest BCUT2D eigenvalue weighted by Gasteiger charge is 2.13. The van der Waals surface area contributed by atoms with Gasteiger partial charge in [0.05, 0.1) is 23.3 Å². The summed E-state index contributed by atoms with van der Waals surface area (Å²) in [5.74, 6) is 1.10. The number of amides is 1. The van der Waals surface area contributed by atoms with Crippen molar-refractivity contribution in [2.24, 2.45) is 5.10 Å². The largest absolute Gasteiger partial charge is 0.493 e. The summed E-state index contributed by atoms with van der Waals surface area (Å²) in [4.78, 5) is 12.5. The molecule has 0 bridgehead atoms. The number of nitrogens with zero attached hydrogens (tertiary/aromatic N) is 1. The molecule has 5 aromatic rings. The smallest absolute Gasteiger partial charge is 0.244 e. The number of hydrogen-bond donors (Lipinski definition) is 1. The number of fused-ring (bicyclic) bond motifs is 2. The van der Waals surface area contributed by atoms with Crippen LogP contribution in [0, 0.1) is 3.57 Å². The molecule has 6 heteroatoms. The Bertz CT molecular complexity index is 1600. The Kier molecular flexibility index (Phi) is 7.65. The molecule has 1 N–H and O–H groups in total. The number of carbonyl (C=O) groups is 1. The van der Waals surface area contributed by atoms with Gasteiger partial charge in [0.25, 0.3) is 0 Å². The van der Waals surface area contributed by atoms with Crippen molar-refractivity contribution in [3.05, 3.63) is 117 Å². The molecule has 1 amide bonds. The molecule has 37 heavy (non-hydrogen) atoms. The van der Waals surface area contributed by atoms with E-state index >= 15 is 0 Å². The normalized spacial score (nSPS) is 11.2. The third kappa shape index (κ3) is 5.75. The fourth-order valence-electron chi connectivity index (χ4n) is 4.36. The van der Waals surface area contributed by atoms with Crippen molar-refractivity contribution in [3.8, 4) is 11.5 Å². The molecule has 5 aromatic carbocycles. The number of nitrogens with one attached hydrogen (secondary N) is 1. The molecule has 0 aliphatic heterocycles. The maximum Gasteiger partial charge on any atom is 0.244 e. The highest BCUT2D eigenvalue weighted by atomic mass is 127. The number of carbonyl (C=O) groups excluding carboxylic acids is 1. The van der Waals surface area contributed by atoms with Crippen molar-refractivity contribution in [2.75, 3.05) is 7.11 Å². The van der Waals surface area contributed by atoms with Gasteiger partial charge in [0.1, 0.15) is 6.61 Å². The molecule has 0 heterocycles. The van der Waals surface area contributed by atoms with Gasteiger partial charge < -0.3 is 9.47 Å². The van der Waals surface area contributed by atoms with E-state index in [1.165, 1.54) is 10.8 Å². The van der Waals surface area contributed by atoms with Crippen LogP contribution in [-0.4, -0.2) is 19.2 Å². The Hall–Kier alpha value is -3.91. The lowest BCUT2D eigenvalue weighted by atomic mass is 10.0. The lowest BCUT2D eigenvalue weighted by Gasteiger charge is -2.14. The standard InChI is InChI=1S/C31H25IN2O3/c1-36-29-17-21(19-33-34-30(35)18-24-12-6-10-22-8-2-4-14-26(22)24)16-28(32)31(29)37-20-25-13-7-11-23-9-3-5-15-27(23)25/h2-17,19H,18,20H2,1H3,(H,34,35). The first-order valence-electron chi connectivity index (χ1n) is 11.9. The molecule has 0 saturated heterocycles. The Labute approximate surface area is 229 Å². The van der Waals surface area contributed by atoms with Gasteiger partial charge in [-0.2, -0.15) is 5.10 Å². The fraction of sp³-hybridized carbons (Fsp3) is 0.0968. The zero-order valence-corrected chi connectivity index (χ0v) is 22.4. The van der Waals surface area contributed by atoms with Crippen LogP contribution in [-0.2, 0) is 17.8 Å². The van der Waals surface area contributed by atoms with Crippen LogP contribution in [0.25, 0.3) is 21.5 Å². The molecule has 0 fully saturated rings. The Morgan fingerprint density at radius 2 is 1.49 bits per heavy atom. The van der Waals surface area contributed by atoms with Crippen molar-refractivity contribution in [1.29, 1.82) is 0 Å². The number of halogens is 1. The average Bonchev–Trinajstić information content (AvgIpc) is 2.92. The van der Waals surface area contributed by atoms with Gasteiger partial charge in [0, 0.05) is 0 Å². The average molecular weight is 600 g/mol. The zero-order chi connectivity index (χ0) is 25.6. The molecule has 184 valence electrons. The maximum absolute atomic E-state index is 12.5. The van der Waals surface area contributed by atoms with Crippen molar-refractivity contribution in [1.82, 2.24) is 5.43 Å². The van der Waals surface area contributed by atoms with Crippen molar-refractivity contribution in [2.45, 2.75) is 13.0 Å². The minimum Gasteiger partial charge on any atom is -0.493 e. The second kappa shape index (κ2) is 11.4. The Morgan fingerprint density at radius 1 is 0.865 bits per heavy atom. The number of benzene rings is 5. The second-order valence-corrected chi connectivity index (χ2v) is 9.73. The molecule has 0 unspecified atom stereocenters. The monoisotopic (exact) mass is 600 g/mol. The molecule has 0 spiro atoms. The fourth-order valence-corrected chi connectivity index (χ4v) is 5.14. The summed E-state index contributed by atoms with van der Waals surface area (Å²) < 4.78 is 12.7. The molecular formula is C31H25IN2O3. The maximum atomic E-state index is 12.5. The molecule has 0 aliphatic rings. The first kappa shape index (κ1) is 24.8. The number of methoxy groups -OCH3 is 1. The number of rotatable bonds is 8. The van der Waals surface area contributed by atoms with Crippen LogP contribution in [0.1, 0.15) is 16.7 Å². The van der Waals surface area contributed by atoms with Gasteiger partial charge in [-0.25, -0.2) is 5.43 Å².